The lowest BCUT2D eigenvalue weighted by atomic mass is 9.38. The number of hydrogen-bond donors (Lipinski definition) is 0. The minimum atomic E-state index is -0.570. The minimum Gasteiger partial charge on any atom is -0.469 e. The van der Waals surface area contributed by atoms with Crippen molar-refractivity contribution in [3.05, 3.63) is 22.8 Å². The molecule has 0 aromatic carbocycles. The number of Topliss-reactive ketones (excluding diaryl/α,β-unsaturated/α-hetero) is 1. The quantitative estimate of drug-likeness (QED) is 0.421. The topological polar surface area (TPSA) is 84.2 Å². The first-order chi connectivity index (χ1) is 16.8. The van der Waals surface area contributed by atoms with Crippen molar-refractivity contribution in [2.75, 3.05) is 7.11 Å². The van der Waals surface area contributed by atoms with E-state index in [-0.39, 0.29) is 63.5 Å². The maximum Gasteiger partial charge on any atom is 0.312 e. The summed E-state index contributed by atoms with van der Waals surface area (Å²) in [5, 5.41) is 9.88. The molecule has 0 bridgehead atoms. The zero-order valence-corrected chi connectivity index (χ0v) is 23.0. The molecule has 5 rings (SSSR count). The van der Waals surface area contributed by atoms with Gasteiger partial charge in [0.15, 0.2) is 11.6 Å². The lowest BCUT2D eigenvalue weighted by Crippen LogP contribution is -2.61. The van der Waals surface area contributed by atoms with E-state index in [1.807, 2.05) is 19.9 Å². The Balaban J connectivity index is 1.67. The van der Waals surface area contributed by atoms with Gasteiger partial charge in [0.2, 0.25) is 0 Å². The van der Waals surface area contributed by atoms with E-state index >= 15 is 0 Å². The Hall–Kier alpha value is -2.22. The van der Waals surface area contributed by atoms with Crippen LogP contribution in [0.25, 0.3) is 0 Å². The maximum atomic E-state index is 14.2. The zero-order chi connectivity index (χ0) is 26.4. The summed E-state index contributed by atoms with van der Waals surface area (Å²) in [4.78, 5) is 40.5. The third kappa shape index (κ3) is 3.02. The van der Waals surface area contributed by atoms with Crippen LogP contribution in [-0.2, 0) is 19.1 Å². The highest BCUT2D eigenvalue weighted by Crippen LogP contribution is 2.70. The molecule has 3 saturated carbocycles. The van der Waals surface area contributed by atoms with Crippen molar-refractivity contribution in [2.24, 2.45) is 51.2 Å². The predicted octanol–water partition coefficient (Wildman–Crippen LogP) is 5.99. The van der Waals surface area contributed by atoms with Crippen LogP contribution in [0.1, 0.15) is 86.5 Å². The smallest absolute Gasteiger partial charge is 0.312 e. The summed E-state index contributed by atoms with van der Waals surface area (Å²) in [5.74, 6) is -0.228. The standard InChI is InChI=1S/C31H41NO4/c1-17-20-8-10-29(5)21-9-11-31(27(35)36-7)13-12-28(3,4)15-22(31)25(21)23(33)14-24(29)30(20,6)18(2)19(16-32)26(17)34/h14,17,20-22,25H,8-13,15H2,1-7H3. The lowest BCUT2D eigenvalue weighted by Gasteiger charge is -2.64. The highest BCUT2D eigenvalue weighted by Gasteiger charge is 2.66. The van der Waals surface area contributed by atoms with Crippen molar-refractivity contribution in [1.29, 1.82) is 5.26 Å². The molecule has 3 fully saturated rings. The number of esters is 1. The molecule has 0 heterocycles. The fraction of sp³-hybridized carbons (Fsp3) is 0.742. The molecule has 5 heteroatoms. The fourth-order valence-corrected chi connectivity index (χ4v) is 9.80. The fourth-order valence-electron chi connectivity index (χ4n) is 9.80. The van der Waals surface area contributed by atoms with Crippen LogP contribution < -0.4 is 0 Å². The average molecular weight is 492 g/mol. The molecule has 5 aliphatic rings. The molecule has 0 amide bonds. The number of methoxy groups -OCH3 is 1. The predicted molar refractivity (Wildman–Crippen MR) is 136 cm³/mol. The van der Waals surface area contributed by atoms with Gasteiger partial charge in [-0.2, -0.15) is 5.26 Å². The van der Waals surface area contributed by atoms with Crippen LogP contribution >= 0.6 is 0 Å². The van der Waals surface area contributed by atoms with Gasteiger partial charge in [-0.1, -0.05) is 40.2 Å². The van der Waals surface area contributed by atoms with E-state index in [4.69, 9.17) is 4.74 Å². The highest BCUT2D eigenvalue weighted by atomic mass is 16.5. The first-order valence-corrected chi connectivity index (χ1v) is 13.8. The van der Waals surface area contributed by atoms with Gasteiger partial charge >= 0.3 is 5.97 Å². The average Bonchev–Trinajstić information content (AvgIpc) is 2.83. The first kappa shape index (κ1) is 25.4. The summed E-state index contributed by atoms with van der Waals surface area (Å²) < 4.78 is 5.38. The van der Waals surface area contributed by atoms with Gasteiger partial charge in [0.1, 0.15) is 6.07 Å². The number of carbonyl (C=O) groups excluding carboxylic acids is 3. The summed E-state index contributed by atoms with van der Waals surface area (Å²) in [7, 11) is 1.48. The molecule has 36 heavy (non-hydrogen) atoms. The molecule has 0 saturated heterocycles. The molecular formula is C31H41NO4. The van der Waals surface area contributed by atoms with Crippen LogP contribution in [0, 0.1) is 62.6 Å². The Morgan fingerprint density at radius 1 is 1.03 bits per heavy atom. The molecule has 0 radical (unpaired) electrons. The van der Waals surface area contributed by atoms with E-state index in [9.17, 15) is 19.6 Å². The number of ether oxygens (including phenoxy) is 1. The number of rotatable bonds is 1. The summed E-state index contributed by atoms with van der Waals surface area (Å²) in [6.07, 6.45) is 7.96. The number of hydrogen-bond acceptors (Lipinski definition) is 5. The van der Waals surface area contributed by atoms with E-state index in [1.165, 1.54) is 7.11 Å². The van der Waals surface area contributed by atoms with E-state index < -0.39 is 10.8 Å². The van der Waals surface area contributed by atoms with Crippen molar-refractivity contribution in [2.45, 2.75) is 86.5 Å². The van der Waals surface area contributed by atoms with Crippen LogP contribution in [0.15, 0.2) is 22.8 Å². The number of fused-ring (bicyclic) bond motifs is 7. The Morgan fingerprint density at radius 3 is 2.33 bits per heavy atom. The van der Waals surface area contributed by atoms with Gasteiger partial charge < -0.3 is 4.74 Å². The van der Waals surface area contributed by atoms with Gasteiger partial charge in [0.05, 0.1) is 18.1 Å². The molecule has 8 unspecified atom stereocenters. The largest absolute Gasteiger partial charge is 0.469 e. The van der Waals surface area contributed by atoms with Gasteiger partial charge in [-0.15, -0.1) is 0 Å². The molecular weight excluding hydrogens is 450 g/mol. The van der Waals surface area contributed by atoms with Crippen LogP contribution in [0.2, 0.25) is 0 Å². The van der Waals surface area contributed by atoms with Gasteiger partial charge in [-0.05, 0) is 92.1 Å². The molecule has 0 spiro atoms. The molecule has 194 valence electrons. The summed E-state index contributed by atoms with van der Waals surface area (Å²) in [5.41, 5.74) is 1.08. The lowest BCUT2D eigenvalue weighted by molar-refractivity contribution is -0.178. The number of carbonyl (C=O) groups is 3. The third-order valence-electron chi connectivity index (χ3n) is 11.9. The summed E-state index contributed by atoms with van der Waals surface area (Å²) in [6.45, 7) is 12.9. The number of ketones is 2. The van der Waals surface area contributed by atoms with Gasteiger partial charge in [-0.25, -0.2) is 0 Å². The monoisotopic (exact) mass is 491 g/mol. The summed E-state index contributed by atoms with van der Waals surface area (Å²) >= 11 is 0. The maximum absolute atomic E-state index is 14.2. The van der Waals surface area contributed by atoms with E-state index in [0.717, 1.165) is 56.1 Å². The third-order valence-corrected chi connectivity index (χ3v) is 11.9. The number of nitrogens with zero attached hydrogens (tertiary/aromatic N) is 1. The molecule has 8 atom stereocenters. The normalized spacial score (nSPS) is 45.4. The van der Waals surface area contributed by atoms with E-state index in [0.29, 0.717) is 0 Å². The van der Waals surface area contributed by atoms with Crippen LogP contribution in [0.5, 0.6) is 0 Å². The Kier molecular flexibility index (Phi) is 5.57. The summed E-state index contributed by atoms with van der Waals surface area (Å²) in [6, 6.07) is 2.20. The van der Waals surface area contributed by atoms with Crippen LogP contribution in [0.3, 0.4) is 0 Å². The molecule has 0 aromatic rings. The minimum absolute atomic E-state index is 0.0155. The molecule has 0 aromatic heterocycles. The first-order valence-electron chi connectivity index (χ1n) is 13.8. The number of allylic oxidation sites excluding steroid dienone is 4. The highest BCUT2D eigenvalue weighted by molar-refractivity contribution is 6.03. The van der Waals surface area contributed by atoms with Crippen molar-refractivity contribution in [3.8, 4) is 6.07 Å². The van der Waals surface area contributed by atoms with Gasteiger partial charge in [0.25, 0.3) is 0 Å². The van der Waals surface area contributed by atoms with Gasteiger partial charge in [-0.3, -0.25) is 14.4 Å². The van der Waals surface area contributed by atoms with Gasteiger partial charge in [0, 0.05) is 17.3 Å². The molecule has 0 N–H and O–H groups in total. The second-order valence-corrected chi connectivity index (χ2v) is 13.8. The molecule has 5 nitrogen and oxygen atoms in total. The van der Waals surface area contributed by atoms with Crippen LogP contribution in [-0.4, -0.2) is 24.6 Å². The van der Waals surface area contributed by atoms with Crippen LogP contribution in [0.4, 0.5) is 0 Å². The zero-order valence-electron chi connectivity index (χ0n) is 23.0. The Bertz CT molecular complexity index is 1150. The Labute approximate surface area is 215 Å². The molecule has 5 aliphatic carbocycles. The van der Waals surface area contributed by atoms with Crippen molar-refractivity contribution < 1.29 is 19.1 Å². The SMILES string of the molecule is COC(=O)C12CCC3C(C(=O)C=C4C3(C)CCC3C(C)C(=O)C(C#N)=C(C)C43C)C1CC(C)(C)CC2. The van der Waals surface area contributed by atoms with E-state index in [1.54, 1.807) is 0 Å². The Morgan fingerprint density at radius 2 is 1.69 bits per heavy atom. The number of nitriles is 1. The van der Waals surface area contributed by atoms with Crippen molar-refractivity contribution in [1.82, 2.24) is 0 Å². The van der Waals surface area contributed by atoms with Crippen molar-refractivity contribution in [3.63, 3.8) is 0 Å². The van der Waals surface area contributed by atoms with E-state index in [2.05, 4.69) is 33.8 Å². The van der Waals surface area contributed by atoms with Crippen molar-refractivity contribution >= 4 is 17.5 Å². The second-order valence-electron chi connectivity index (χ2n) is 13.8. The molecule has 0 aliphatic heterocycles. The second kappa shape index (κ2) is 7.89.